The van der Waals surface area contributed by atoms with Gasteiger partial charge in [-0.3, -0.25) is 14.0 Å². The largest absolute Gasteiger partial charge is 0.458 e. The standard InChI is InChI=1S/C18H18N4O5S/c1-12-6-7-22-16(8-12)21-14(9-17(22)23)11-27-18(24)10-20-13-2-4-15(5-3-13)28(19,25)26/h2-9,20H,10-11H2,1H3,(H2,19,25,26). The predicted molar refractivity (Wildman–Crippen MR) is 102 cm³/mol. The number of aromatic nitrogens is 2. The molecule has 146 valence electrons. The molecular formula is C18H18N4O5S. The SMILES string of the molecule is Cc1ccn2c(=O)cc(COC(=O)CNc3ccc(S(N)(=O)=O)cc3)nc2c1. The number of ether oxygens (including phenoxy) is 1. The van der Waals surface area contributed by atoms with Crippen LogP contribution < -0.4 is 16.0 Å². The second kappa shape index (κ2) is 7.79. The normalized spacial score (nSPS) is 11.4. The van der Waals surface area contributed by atoms with Gasteiger partial charge >= 0.3 is 5.97 Å². The van der Waals surface area contributed by atoms with Crippen molar-refractivity contribution < 1.29 is 17.9 Å². The molecule has 0 amide bonds. The van der Waals surface area contributed by atoms with Crippen LogP contribution in [0.25, 0.3) is 5.65 Å². The van der Waals surface area contributed by atoms with E-state index in [4.69, 9.17) is 9.88 Å². The van der Waals surface area contributed by atoms with Gasteiger partial charge in [-0.15, -0.1) is 0 Å². The first-order chi connectivity index (χ1) is 13.2. The number of nitrogens with one attached hydrogen (secondary N) is 1. The van der Waals surface area contributed by atoms with Gasteiger partial charge in [0.2, 0.25) is 10.0 Å². The first-order valence-electron chi connectivity index (χ1n) is 8.24. The van der Waals surface area contributed by atoms with Gasteiger partial charge in [-0.25, -0.2) is 18.5 Å². The molecule has 0 fully saturated rings. The Bertz CT molecular complexity index is 1190. The first kappa shape index (κ1) is 19.5. The minimum atomic E-state index is -3.77. The molecule has 28 heavy (non-hydrogen) atoms. The van der Waals surface area contributed by atoms with Crippen molar-refractivity contribution in [3.8, 4) is 0 Å². The van der Waals surface area contributed by atoms with Crippen molar-refractivity contribution in [2.24, 2.45) is 5.14 Å². The molecule has 0 radical (unpaired) electrons. The lowest BCUT2D eigenvalue weighted by Crippen LogP contribution is -2.19. The average Bonchev–Trinajstić information content (AvgIpc) is 2.64. The molecule has 3 rings (SSSR count). The number of benzene rings is 1. The number of anilines is 1. The molecule has 0 aliphatic heterocycles. The number of carbonyl (C=O) groups is 1. The van der Waals surface area contributed by atoms with Crippen LogP contribution in [0.15, 0.2) is 58.4 Å². The van der Waals surface area contributed by atoms with Gasteiger partial charge in [-0.05, 0) is 48.9 Å². The lowest BCUT2D eigenvalue weighted by Gasteiger charge is -2.08. The molecule has 0 atom stereocenters. The van der Waals surface area contributed by atoms with E-state index in [1.807, 2.05) is 6.92 Å². The molecule has 10 heteroatoms. The van der Waals surface area contributed by atoms with E-state index in [1.54, 1.807) is 18.3 Å². The fraction of sp³-hybridized carbons (Fsp3) is 0.167. The number of nitrogens with two attached hydrogens (primary N) is 1. The monoisotopic (exact) mass is 402 g/mol. The van der Waals surface area contributed by atoms with Gasteiger partial charge in [-0.1, -0.05) is 0 Å². The third kappa shape index (κ3) is 4.72. The fourth-order valence-corrected chi connectivity index (χ4v) is 2.99. The van der Waals surface area contributed by atoms with Crippen LogP contribution in [0.3, 0.4) is 0 Å². The van der Waals surface area contributed by atoms with Gasteiger partial charge in [0.1, 0.15) is 18.8 Å². The van der Waals surface area contributed by atoms with E-state index in [1.165, 1.54) is 34.7 Å². The highest BCUT2D eigenvalue weighted by molar-refractivity contribution is 7.89. The maximum absolute atomic E-state index is 12.1. The van der Waals surface area contributed by atoms with Crippen molar-refractivity contribution in [3.05, 3.63) is 70.3 Å². The number of fused-ring (bicyclic) bond motifs is 1. The molecule has 0 unspecified atom stereocenters. The summed E-state index contributed by atoms with van der Waals surface area (Å²) in [5.41, 5.74) is 2.05. The molecule has 0 spiro atoms. The summed E-state index contributed by atoms with van der Waals surface area (Å²) >= 11 is 0. The maximum Gasteiger partial charge on any atom is 0.325 e. The Hall–Kier alpha value is -3.24. The highest BCUT2D eigenvalue weighted by Crippen LogP contribution is 2.12. The number of hydrogen-bond acceptors (Lipinski definition) is 7. The summed E-state index contributed by atoms with van der Waals surface area (Å²) in [4.78, 5) is 28.3. The van der Waals surface area contributed by atoms with Crippen LogP contribution in [-0.2, 0) is 26.2 Å². The zero-order chi connectivity index (χ0) is 20.3. The van der Waals surface area contributed by atoms with Gasteiger partial charge < -0.3 is 10.1 Å². The summed E-state index contributed by atoms with van der Waals surface area (Å²) in [6.45, 7) is 1.62. The van der Waals surface area contributed by atoms with Crippen molar-refractivity contribution in [2.45, 2.75) is 18.4 Å². The van der Waals surface area contributed by atoms with Gasteiger partial charge in [0.15, 0.2) is 0 Å². The summed E-state index contributed by atoms with van der Waals surface area (Å²) in [5, 5.41) is 7.84. The Morgan fingerprint density at radius 1 is 1.21 bits per heavy atom. The summed E-state index contributed by atoms with van der Waals surface area (Å²) in [7, 11) is -3.77. The molecule has 0 bridgehead atoms. The quantitative estimate of drug-likeness (QED) is 0.583. The van der Waals surface area contributed by atoms with Crippen LogP contribution in [0.1, 0.15) is 11.3 Å². The minimum absolute atomic E-state index is 0.0236. The zero-order valence-electron chi connectivity index (χ0n) is 15.0. The maximum atomic E-state index is 12.1. The number of nitrogens with zero attached hydrogens (tertiary/aromatic N) is 2. The van der Waals surface area contributed by atoms with Crippen LogP contribution in [0, 0.1) is 6.92 Å². The molecule has 0 saturated heterocycles. The number of hydrogen-bond donors (Lipinski definition) is 2. The highest BCUT2D eigenvalue weighted by atomic mass is 32.2. The van der Waals surface area contributed by atoms with E-state index in [-0.39, 0.29) is 23.6 Å². The van der Waals surface area contributed by atoms with E-state index in [0.29, 0.717) is 17.0 Å². The third-order valence-corrected chi connectivity index (χ3v) is 4.81. The number of sulfonamides is 1. The molecule has 3 aromatic rings. The molecule has 9 nitrogen and oxygen atoms in total. The Balaban J connectivity index is 1.58. The van der Waals surface area contributed by atoms with E-state index in [2.05, 4.69) is 10.3 Å². The van der Waals surface area contributed by atoms with Crippen LogP contribution in [0.4, 0.5) is 5.69 Å². The third-order valence-electron chi connectivity index (χ3n) is 3.88. The van der Waals surface area contributed by atoms with Crippen molar-refractivity contribution >= 4 is 27.3 Å². The van der Waals surface area contributed by atoms with E-state index < -0.39 is 16.0 Å². The molecule has 2 aromatic heterocycles. The van der Waals surface area contributed by atoms with Crippen molar-refractivity contribution in [2.75, 3.05) is 11.9 Å². The Morgan fingerprint density at radius 2 is 1.93 bits per heavy atom. The first-order valence-corrected chi connectivity index (χ1v) is 9.78. The summed E-state index contributed by atoms with van der Waals surface area (Å²) in [5.74, 6) is -0.554. The number of esters is 1. The van der Waals surface area contributed by atoms with E-state index >= 15 is 0 Å². The topological polar surface area (TPSA) is 133 Å². The minimum Gasteiger partial charge on any atom is -0.458 e. The molecule has 1 aromatic carbocycles. The average molecular weight is 402 g/mol. The number of primary sulfonamides is 1. The van der Waals surface area contributed by atoms with Gasteiger partial charge in [0.05, 0.1) is 10.6 Å². The van der Waals surface area contributed by atoms with Crippen LogP contribution in [0.2, 0.25) is 0 Å². The molecule has 0 aliphatic carbocycles. The molecule has 0 saturated carbocycles. The molecule has 0 aliphatic rings. The summed E-state index contributed by atoms with van der Waals surface area (Å²) < 4.78 is 29.0. The lowest BCUT2D eigenvalue weighted by molar-refractivity contribution is -0.142. The van der Waals surface area contributed by atoms with Crippen molar-refractivity contribution in [1.82, 2.24) is 9.38 Å². The summed E-state index contributed by atoms with van der Waals surface area (Å²) in [6, 6.07) is 10.5. The Morgan fingerprint density at radius 3 is 2.61 bits per heavy atom. The molecular weight excluding hydrogens is 384 g/mol. The summed E-state index contributed by atoms with van der Waals surface area (Å²) in [6.07, 6.45) is 1.64. The van der Waals surface area contributed by atoms with Gasteiger partial charge in [-0.2, -0.15) is 0 Å². The fourth-order valence-electron chi connectivity index (χ4n) is 2.47. The molecule has 2 heterocycles. The van der Waals surface area contributed by atoms with Crippen LogP contribution >= 0.6 is 0 Å². The number of pyridine rings is 1. The number of rotatable bonds is 6. The zero-order valence-corrected chi connectivity index (χ0v) is 15.8. The van der Waals surface area contributed by atoms with E-state index in [0.717, 1.165) is 5.56 Å². The van der Waals surface area contributed by atoms with Crippen LogP contribution in [-0.4, -0.2) is 30.3 Å². The second-order valence-corrected chi connectivity index (χ2v) is 7.66. The van der Waals surface area contributed by atoms with E-state index in [9.17, 15) is 18.0 Å². The number of aryl methyl sites for hydroxylation is 1. The smallest absolute Gasteiger partial charge is 0.325 e. The van der Waals surface area contributed by atoms with Crippen molar-refractivity contribution in [3.63, 3.8) is 0 Å². The van der Waals surface area contributed by atoms with Gasteiger partial charge in [0, 0.05) is 18.0 Å². The number of carbonyl (C=O) groups excluding carboxylic acids is 1. The second-order valence-electron chi connectivity index (χ2n) is 6.10. The lowest BCUT2D eigenvalue weighted by atomic mass is 10.3. The van der Waals surface area contributed by atoms with Gasteiger partial charge in [0.25, 0.3) is 5.56 Å². The van der Waals surface area contributed by atoms with Crippen molar-refractivity contribution in [1.29, 1.82) is 0 Å². The Labute approximate surface area is 160 Å². The highest BCUT2D eigenvalue weighted by Gasteiger charge is 2.09. The van der Waals surface area contributed by atoms with Crippen LogP contribution in [0.5, 0.6) is 0 Å². The Kier molecular flexibility index (Phi) is 5.43. The molecule has 3 N–H and O–H groups in total. The predicted octanol–water partition coefficient (Wildman–Crippen LogP) is 0.806.